The Kier molecular flexibility index (Phi) is 5.11. The molecule has 5 N–H and O–H groups in total. The maximum absolute atomic E-state index is 13.0. The van der Waals surface area contributed by atoms with E-state index in [1.54, 1.807) is 26.0 Å². The topological polar surface area (TPSA) is 139 Å². The molecule has 2 aliphatic rings. The van der Waals surface area contributed by atoms with E-state index < -0.39 is 53.7 Å². The van der Waals surface area contributed by atoms with Gasteiger partial charge in [0.15, 0.2) is 17.9 Å². The van der Waals surface area contributed by atoms with Gasteiger partial charge in [0.2, 0.25) is 0 Å². The Balaban J connectivity index is 1.69. The van der Waals surface area contributed by atoms with Crippen LogP contribution < -0.4 is 5.73 Å². The fourth-order valence-electron chi connectivity index (χ4n) is 4.06. The highest BCUT2D eigenvalue weighted by atomic mass is 16.7. The molecule has 158 valence electrons. The molecule has 1 saturated heterocycles. The average molecular weight is 413 g/mol. The van der Waals surface area contributed by atoms with Gasteiger partial charge in [-0.15, -0.1) is 0 Å². The normalized spacial score (nSPS) is 26.8. The number of nitrogens with two attached hydrogens (primary N) is 1. The van der Waals surface area contributed by atoms with E-state index in [-0.39, 0.29) is 34.2 Å². The number of benzene rings is 2. The number of hydrogen-bond donors (Lipinski definition) is 4. The number of ketones is 2. The standard InChI is InChI=1S/C22H23NO7/c1-9(29-16-8-14(23)19(25)10(2)30-16)13-7-15(24)17-18(22(13)28)21(27)12-6-4-3-5-11(12)20(17)26/h3-7,9-10,14,16,19,24-25,28H,8,23H2,1-2H3/t9-,10-,14+,16-,19-/m0/s1. The minimum absolute atomic E-state index is 0.141. The molecule has 0 amide bonds. The molecule has 1 aliphatic heterocycles. The first-order valence-corrected chi connectivity index (χ1v) is 9.72. The SMILES string of the molecule is C[C@H](O[C@@H]1C[C@@H](N)[C@@H](O)[C@H](C)O1)c1cc(O)c2c(c1O)C(=O)c1ccccc1C2=O. The van der Waals surface area contributed by atoms with Crippen molar-refractivity contribution in [1.29, 1.82) is 0 Å². The van der Waals surface area contributed by atoms with Gasteiger partial charge in [-0.25, -0.2) is 0 Å². The van der Waals surface area contributed by atoms with E-state index >= 15 is 0 Å². The molecule has 0 radical (unpaired) electrons. The van der Waals surface area contributed by atoms with Crippen LogP contribution in [0.5, 0.6) is 11.5 Å². The number of carbonyl (C=O) groups excluding carboxylic acids is 2. The van der Waals surface area contributed by atoms with Crippen LogP contribution in [0.4, 0.5) is 0 Å². The number of aromatic hydroxyl groups is 2. The summed E-state index contributed by atoms with van der Waals surface area (Å²) in [5, 5.41) is 31.3. The van der Waals surface area contributed by atoms with Crippen molar-refractivity contribution < 1.29 is 34.4 Å². The molecular formula is C22H23NO7. The van der Waals surface area contributed by atoms with Gasteiger partial charge in [-0.05, 0) is 19.9 Å². The van der Waals surface area contributed by atoms with Crippen LogP contribution in [0.2, 0.25) is 0 Å². The van der Waals surface area contributed by atoms with Gasteiger partial charge in [0, 0.05) is 29.2 Å². The first kappa shape index (κ1) is 20.5. The number of ether oxygens (including phenoxy) is 2. The summed E-state index contributed by atoms with van der Waals surface area (Å²) in [5.41, 5.74) is 5.94. The predicted molar refractivity (Wildman–Crippen MR) is 106 cm³/mol. The Labute approximate surface area is 172 Å². The van der Waals surface area contributed by atoms with Crippen molar-refractivity contribution in [2.45, 2.75) is 50.9 Å². The fourth-order valence-corrected chi connectivity index (χ4v) is 4.06. The predicted octanol–water partition coefficient (Wildman–Crippen LogP) is 1.77. The molecule has 0 spiro atoms. The van der Waals surface area contributed by atoms with Crippen molar-refractivity contribution in [3.8, 4) is 11.5 Å². The van der Waals surface area contributed by atoms with Gasteiger partial charge < -0.3 is 30.5 Å². The molecular weight excluding hydrogens is 390 g/mol. The smallest absolute Gasteiger partial charge is 0.198 e. The molecule has 0 aromatic heterocycles. The minimum Gasteiger partial charge on any atom is -0.507 e. The molecule has 4 rings (SSSR count). The van der Waals surface area contributed by atoms with Gasteiger partial charge in [0.25, 0.3) is 0 Å². The van der Waals surface area contributed by atoms with Crippen LogP contribution in [-0.2, 0) is 9.47 Å². The first-order valence-electron chi connectivity index (χ1n) is 9.72. The van der Waals surface area contributed by atoms with Crippen LogP contribution in [0.25, 0.3) is 0 Å². The Morgan fingerprint density at radius 3 is 2.33 bits per heavy atom. The van der Waals surface area contributed by atoms with E-state index in [0.29, 0.717) is 0 Å². The summed E-state index contributed by atoms with van der Waals surface area (Å²) in [4.78, 5) is 25.8. The van der Waals surface area contributed by atoms with Crippen molar-refractivity contribution >= 4 is 11.6 Å². The number of hydrogen-bond acceptors (Lipinski definition) is 8. The molecule has 0 unspecified atom stereocenters. The van der Waals surface area contributed by atoms with E-state index in [1.165, 1.54) is 18.2 Å². The summed E-state index contributed by atoms with van der Waals surface area (Å²) in [6.45, 7) is 3.29. The van der Waals surface area contributed by atoms with Gasteiger partial charge >= 0.3 is 0 Å². The summed E-state index contributed by atoms with van der Waals surface area (Å²) in [6, 6.07) is 6.95. The number of aliphatic hydroxyl groups is 1. The van der Waals surface area contributed by atoms with Crippen molar-refractivity contribution in [3.05, 3.63) is 58.1 Å². The fraction of sp³-hybridized carbons (Fsp3) is 0.364. The lowest BCUT2D eigenvalue weighted by Crippen LogP contribution is -2.51. The number of carbonyl (C=O) groups is 2. The maximum atomic E-state index is 13.0. The second-order valence-corrected chi connectivity index (χ2v) is 7.73. The summed E-state index contributed by atoms with van der Waals surface area (Å²) >= 11 is 0. The first-order chi connectivity index (χ1) is 14.2. The third-order valence-corrected chi connectivity index (χ3v) is 5.72. The Hall–Kier alpha value is -2.78. The number of aliphatic hydroxyl groups excluding tert-OH is 1. The molecule has 8 heteroatoms. The maximum Gasteiger partial charge on any atom is 0.198 e. The number of phenols is 2. The lowest BCUT2D eigenvalue weighted by molar-refractivity contribution is -0.238. The highest BCUT2D eigenvalue weighted by Gasteiger charge is 2.38. The number of rotatable bonds is 3. The third-order valence-electron chi connectivity index (χ3n) is 5.72. The van der Waals surface area contributed by atoms with E-state index in [1.807, 2.05) is 0 Å². The Morgan fingerprint density at radius 1 is 1.13 bits per heavy atom. The Morgan fingerprint density at radius 2 is 1.73 bits per heavy atom. The minimum atomic E-state index is -0.815. The second-order valence-electron chi connectivity index (χ2n) is 7.73. The molecule has 2 aromatic rings. The lowest BCUT2D eigenvalue weighted by Gasteiger charge is -2.37. The van der Waals surface area contributed by atoms with Gasteiger partial charge in [-0.3, -0.25) is 9.59 Å². The zero-order valence-electron chi connectivity index (χ0n) is 16.5. The van der Waals surface area contributed by atoms with Gasteiger partial charge in [-0.2, -0.15) is 0 Å². The Bertz CT molecular complexity index is 1020. The quantitative estimate of drug-likeness (QED) is 0.477. The number of fused-ring (bicyclic) bond motifs is 2. The molecule has 1 fully saturated rings. The van der Waals surface area contributed by atoms with E-state index in [0.717, 1.165) is 0 Å². The van der Waals surface area contributed by atoms with Gasteiger partial charge in [-0.1, -0.05) is 24.3 Å². The molecule has 1 aliphatic carbocycles. The largest absolute Gasteiger partial charge is 0.507 e. The van der Waals surface area contributed by atoms with Crippen LogP contribution >= 0.6 is 0 Å². The van der Waals surface area contributed by atoms with Gasteiger partial charge in [0.1, 0.15) is 11.5 Å². The molecule has 30 heavy (non-hydrogen) atoms. The van der Waals surface area contributed by atoms with Gasteiger partial charge in [0.05, 0.1) is 29.4 Å². The van der Waals surface area contributed by atoms with Crippen LogP contribution in [0, 0.1) is 0 Å². The van der Waals surface area contributed by atoms with Crippen molar-refractivity contribution in [2.24, 2.45) is 5.73 Å². The average Bonchev–Trinajstić information content (AvgIpc) is 2.71. The summed E-state index contributed by atoms with van der Waals surface area (Å²) < 4.78 is 11.5. The molecule has 0 bridgehead atoms. The van der Waals surface area contributed by atoms with E-state index in [4.69, 9.17) is 15.2 Å². The summed E-state index contributed by atoms with van der Waals surface area (Å²) in [6.07, 6.45) is -2.65. The van der Waals surface area contributed by atoms with Crippen molar-refractivity contribution in [1.82, 2.24) is 0 Å². The van der Waals surface area contributed by atoms with Crippen LogP contribution in [0.3, 0.4) is 0 Å². The molecule has 5 atom stereocenters. The van der Waals surface area contributed by atoms with E-state index in [9.17, 15) is 24.9 Å². The lowest BCUT2D eigenvalue weighted by atomic mass is 9.81. The summed E-state index contributed by atoms with van der Waals surface area (Å²) in [7, 11) is 0. The third kappa shape index (κ3) is 3.18. The van der Waals surface area contributed by atoms with Crippen LogP contribution in [0.15, 0.2) is 30.3 Å². The molecule has 2 aromatic carbocycles. The number of phenolic OH excluding ortho intramolecular Hbond substituents is 2. The highest BCUT2D eigenvalue weighted by molar-refractivity contribution is 6.30. The zero-order chi connectivity index (χ0) is 21.7. The molecule has 8 nitrogen and oxygen atoms in total. The van der Waals surface area contributed by atoms with E-state index in [2.05, 4.69) is 0 Å². The zero-order valence-corrected chi connectivity index (χ0v) is 16.5. The van der Waals surface area contributed by atoms with Crippen LogP contribution in [-0.4, -0.2) is 51.4 Å². The molecule has 1 heterocycles. The van der Waals surface area contributed by atoms with Crippen LogP contribution in [0.1, 0.15) is 63.8 Å². The van der Waals surface area contributed by atoms with Crippen molar-refractivity contribution in [2.75, 3.05) is 0 Å². The molecule has 0 saturated carbocycles. The van der Waals surface area contributed by atoms with Crippen molar-refractivity contribution in [3.63, 3.8) is 0 Å². The second kappa shape index (κ2) is 7.48. The summed E-state index contributed by atoms with van der Waals surface area (Å²) in [5.74, 6) is -1.91. The highest BCUT2D eigenvalue weighted by Crippen LogP contribution is 2.43. The monoisotopic (exact) mass is 413 g/mol.